The number of imidazole rings is 1. The number of hydrogen-bond donors (Lipinski definition) is 1. The first-order valence-corrected chi connectivity index (χ1v) is 6.50. The maximum absolute atomic E-state index is 9.24. The highest BCUT2D eigenvalue weighted by Crippen LogP contribution is 2.49. The molecule has 1 N–H and O–H groups in total. The van der Waals surface area contributed by atoms with Crippen molar-refractivity contribution in [2.24, 2.45) is 17.0 Å². The summed E-state index contributed by atoms with van der Waals surface area (Å²) in [6.07, 6.45) is 6.67. The Morgan fingerprint density at radius 3 is 3.06 bits per heavy atom. The number of aryl methyl sites for hydroxylation is 2. The Bertz CT molecular complexity index is 463. The Morgan fingerprint density at radius 2 is 2.35 bits per heavy atom. The van der Waals surface area contributed by atoms with Crippen LogP contribution in [0.3, 0.4) is 0 Å². The third-order valence-corrected chi connectivity index (χ3v) is 4.30. The predicted octanol–water partition coefficient (Wildman–Crippen LogP) is 2.56. The molecule has 4 heteroatoms. The monoisotopic (exact) mass is 233 g/mol. The average Bonchev–Trinajstić information content (AvgIpc) is 3.00. The second-order valence-electron chi connectivity index (χ2n) is 5.30. The third kappa shape index (κ3) is 1.50. The van der Waals surface area contributed by atoms with Crippen molar-refractivity contribution in [2.75, 3.05) is 0 Å². The lowest BCUT2D eigenvalue weighted by atomic mass is 9.93. The number of nitrogens with zero attached hydrogens (tertiary/aromatic N) is 3. The lowest BCUT2D eigenvalue weighted by molar-refractivity contribution is 0.306. The summed E-state index contributed by atoms with van der Waals surface area (Å²) in [4.78, 5) is 4.55. The third-order valence-electron chi connectivity index (χ3n) is 4.30. The fourth-order valence-electron chi connectivity index (χ4n) is 3.63. The Morgan fingerprint density at radius 1 is 1.53 bits per heavy atom. The SMILES string of the molecule is CCc1nc(C)cn1[C@H]1/C(=N\O)[C@H]2CC[C@H]1C2. The fraction of sp³-hybridized carbons (Fsp3) is 0.692. The second kappa shape index (κ2) is 3.86. The quantitative estimate of drug-likeness (QED) is 0.630. The predicted molar refractivity (Wildman–Crippen MR) is 65.4 cm³/mol. The van der Waals surface area contributed by atoms with Crippen LogP contribution in [0.25, 0.3) is 0 Å². The van der Waals surface area contributed by atoms with Gasteiger partial charge in [-0.3, -0.25) is 0 Å². The largest absolute Gasteiger partial charge is 0.411 e. The molecule has 0 unspecified atom stereocenters. The Kier molecular flexibility index (Phi) is 2.45. The van der Waals surface area contributed by atoms with Gasteiger partial charge in [0.25, 0.3) is 0 Å². The summed E-state index contributed by atoms with van der Waals surface area (Å²) < 4.78 is 2.24. The Labute approximate surface area is 101 Å². The average molecular weight is 233 g/mol. The van der Waals surface area contributed by atoms with Crippen LogP contribution >= 0.6 is 0 Å². The van der Waals surface area contributed by atoms with Crippen molar-refractivity contribution in [3.63, 3.8) is 0 Å². The van der Waals surface area contributed by atoms with Gasteiger partial charge < -0.3 is 9.77 Å². The van der Waals surface area contributed by atoms with Crippen molar-refractivity contribution in [3.05, 3.63) is 17.7 Å². The van der Waals surface area contributed by atoms with Crippen LogP contribution in [0.5, 0.6) is 0 Å². The van der Waals surface area contributed by atoms with E-state index in [9.17, 15) is 5.21 Å². The molecule has 3 rings (SSSR count). The van der Waals surface area contributed by atoms with E-state index < -0.39 is 0 Å². The minimum atomic E-state index is 0.259. The van der Waals surface area contributed by atoms with Crippen LogP contribution in [0, 0.1) is 18.8 Å². The highest BCUT2D eigenvalue weighted by Gasteiger charge is 2.46. The first kappa shape index (κ1) is 10.8. The molecule has 0 aromatic carbocycles. The summed E-state index contributed by atoms with van der Waals surface area (Å²) in [6.45, 7) is 4.15. The van der Waals surface area contributed by atoms with Crippen LogP contribution in [0.1, 0.15) is 43.7 Å². The molecule has 1 heterocycles. The van der Waals surface area contributed by atoms with Crippen molar-refractivity contribution in [1.82, 2.24) is 9.55 Å². The normalized spacial score (nSPS) is 33.8. The summed E-state index contributed by atoms with van der Waals surface area (Å²) in [5, 5.41) is 12.8. The van der Waals surface area contributed by atoms with Crippen molar-refractivity contribution in [3.8, 4) is 0 Å². The van der Waals surface area contributed by atoms with Gasteiger partial charge in [0, 0.05) is 18.5 Å². The Balaban J connectivity index is 2.03. The zero-order valence-corrected chi connectivity index (χ0v) is 10.4. The minimum Gasteiger partial charge on any atom is -0.411 e. The molecular weight excluding hydrogens is 214 g/mol. The van der Waals surface area contributed by atoms with Gasteiger partial charge >= 0.3 is 0 Å². The standard InChI is InChI=1S/C13H19N3O/c1-3-11-14-8(2)7-16(11)13-10-5-4-9(6-10)12(13)15-17/h7,9-10,13,17H,3-6H2,1-2H3/b15-12-/t9-,10-,13+/m0/s1. The summed E-state index contributed by atoms with van der Waals surface area (Å²) in [5.74, 6) is 2.26. The molecular formula is C13H19N3O. The highest BCUT2D eigenvalue weighted by molar-refractivity contribution is 5.93. The maximum atomic E-state index is 9.24. The topological polar surface area (TPSA) is 50.4 Å². The van der Waals surface area contributed by atoms with Gasteiger partial charge in [-0.1, -0.05) is 12.1 Å². The van der Waals surface area contributed by atoms with Crippen LogP contribution in [-0.4, -0.2) is 20.5 Å². The van der Waals surface area contributed by atoms with Crippen molar-refractivity contribution in [1.29, 1.82) is 0 Å². The molecule has 92 valence electrons. The zero-order chi connectivity index (χ0) is 12.0. The van der Waals surface area contributed by atoms with E-state index in [-0.39, 0.29) is 6.04 Å². The van der Waals surface area contributed by atoms with Crippen LogP contribution in [0.4, 0.5) is 0 Å². The van der Waals surface area contributed by atoms with Gasteiger partial charge in [-0.2, -0.15) is 0 Å². The molecule has 0 spiro atoms. The van der Waals surface area contributed by atoms with E-state index in [4.69, 9.17) is 0 Å². The van der Waals surface area contributed by atoms with Gasteiger partial charge in [0.15, 0.2) is 0 Å². The van der Waals surface area contributed by atoms with E-state index in [2.05, 4.69) is 27.8 Å². The molecule has 2 aliphatic carbocycles. The van der Waals surface area contributed by atoms with Gasteiger partial charge in [0.1, 0.15) is 5.82 Å². The smallest absolute Gasteiger partial charge is 0.109 e. The number of fused-ring (bicyclic) bond motifs is 2. The van der Waals surface area contributed by atoms with Crippen molar-refractivity contribution >= 4 is 5.71 Å². The van der Waals surface area contributed by atoms with Crippen LogP contribution in [0.15, 0.2) is 11.4 Å². The molecule has 0 radical (unpaired) electrons. The van der Waals surface area contributed by atoms with Crippen LogP contribution < -0.4 is 0 Å². The minimum absolute atomic E-state index is 0.259. The van der Waals surface area contributed by atoms with Crippen molar-refractivity contribution < 1.29 is 5.21 Å². The first-order chi connectivity index (χ1) is 8.24. The van der Waals surface area contributed by atoms with Gasteiger partial charge in [0.2, 0.25) is 0 Å². The van der Waals surface area contributed by atoms with Gasteiger partial charge in [0.05, 0.1) is 17.4 Å². The Hall–Kier alpha value is -1.32. The molecule has 0 amide bonds. The summed E-state index contributed by atoms with van der Waals surface area (Å²) >= 11 is 0. The van der Waals surface area contributed by atoms with Crippen LogP contribution in [0.2, 0.25) is 0 Å². The first-order valence-electron chi connectivity index (χ1n) is 6.50. The zero-order valence-electron chi connectivity index (χ0n) is 10.4. The molecule has 1 aromatic rings. The lowest BCUT2D eigenvalue weighted by Gasteiger charge is -2.25. The molecule has 0 aliphatic heterocycles. The van der Waals surface area contributed by atoms with E-state index >= 15 is 0 Å². The molecule has 2 fully saturated rings. The van der Waals surface area contributed by atoms with E-state index in [0.717, 1.165) is 23.7 Å². The van der Waals surface area contributed by atoms with E-state index in [0.29, 0.717) is 11.8 Å². The lowest BCUT2D eigenvalue weighted by Crippen LogP contribution is -2.26. The van der Waals surface area contributed by atoms with Gasteiger partial charge in [-0.25, -0.2) is 4.98 Å². The maximum Gasteiger partial charge on any atom is 0.109 e. The molecule has 2 bridgehead atoms. The van der Waals surface area contributed by atoms with Crippen molar-refractivity contribution in [2.45, 2.75) is 45.6 Å². The summed E-state index contributed by atoms with van der Waals surface area (Å²) in [5.41, 5.74) is 2.04. The molecule has 17 heavy (non-hydrogen) atoms. The van der Waals surface area contributed by atoms with E-state index in [1.54, 1.807) is 0 Å². The fourth-order valence-corrected chi connectivity index (χ4v) is 3.63. The van der Waals surface area contributed by atoms with Crippen LogP contribution in [-0.2, 0) is 6.42 Å². The summed E-state index contributed by atoms with van der Waals surface area (Å²) in [6, 6.07) is 0.259. The molecule has 0 saturated heterocycles. The molecule has 4 nitrogen and oxygen atoms in total. The van der Waals surface area contributed by atoms with E-state index in [1.807, 2.05) is 6.92 Å². The molecule has 1 aromatic heterocycles. The number of aromatic nitrogens is 2. The summed E-state index contributed by atoms with van der Waals surface area (Å²) in [7, 11) is 0. The number of oxime groups is 1. The molecule has 3 atom stereocenters. The van der Waals surface area contributed by atoms with Gasteiger partial charge in [-0.05, 0) is 32.1 Å². The molecule has 2 aliphatic rings. The highest BCUT2D eigenvalue weighted by atomic mass is 16.4. The van der Waals surface area contributed by atoms with E-state index in [1.165, 1.54) is 19.3 Å². The number of rotatable bonds is 2. The second-order valence-corrected chi connectivity index (χ2v) is 5.30. The van der Waals surface area contributed by atoms with Gasteiger partial charge in [-0.15, -0.1) is 0 Å². The number of hydrogen-bond acceptors (Lipinski definition) is 3. The molecule has 2 saturated carbocycles.